The maximum Gasteiger partial charge on any atom is 0.326 e. The third-order valence-corrected chi connectivity index (χ3v) is 9.00. The van der Waals surface area contributed by atoms with Gasteiger partial charge in [0.15, 0.2) is 5.16 Å². The largest absolute Gasteiger partial charge is 0.379 e. The number of aromatic nitrogens is 4. The molecule has 1 saturated heterocycles. The molecule has 1 aliphatic rings. The molecule has 0 atom stereocenters. The highest BCUT2D eigenvalue weighted by atomic mass is 32.2. The number of H-pyrrole nitrogens is 1. The highest BCUT2D eigenvalue weighted by Crippen LogP contribution is 2.28. The van der Waals surface area contributed by atoms with Gasteiger partial charge in [-0.1, -0.05) is 23.9 Å². The highest BCUT2D eigenvalue weighted by molar-refractivity contribution is 7.99. The molecule has 3 heterocycles. The molecule has 0 unspecified atom stereocenters. The molecule has 0 radical (unpaired) electrons. The number of morpholine rings is 1. The molecular formula is C23H27N5O4S2. The molecule has 0 saturated carbocycles. The SMILES string of the molecule is CCn1c(SCCCn2c(=O)[nH]c3ccccc32)nc2cc(S(=O)(=O)N3CCOCC3)ccc21. The van der Waals surface area contributed by atoms with Crippen molar-refractivity contribution in [2.75, 3.05) is 32.1 Å². The van der Waals surface area contributed by atoms with E-state index < -0.39 is 10.0 Å². The van der Waals surface area contributed by atoms with Crippen LogP contribution in [0.25, 0.3) is 22.1 Å². The van der Waals surface area contributed by atoms with Crippen LogP contribution in [0, 0.1) is 0 Å². The lowest BCUT2D eigenvalue weighted by Gasteiger charge is -2.26. The van der Waals surface area contributed by atoms with Gasteiger partial charge in [0, 0.05) is 31.9 Å². The number of rotatable bonds is 8. The summed E-state index contributed by atoms with van der Waals surface area (Å²) in [5.74, 6) is 0.786. The fourth-order valence-electron chi connectivity index (χ4n) is 4.31. The van der Waals surface area contributed by atoms with E-state index in [1.54, 1.807) is 28.5 Å². The summed E-state index contributed by atoms with van der Waals surface area (Å²) < 4.78 is 36.7. The maximum atomic E-state index is 13.0. The Hall–Kier alpha value is -2.60. The Kier molecular flexibility index (Phi) is 6.52. The summed E-state index contributed by atoms with van der Waals surface area (Å²) in [5, 5.41) is 0.852. The number of hydrogen-bond donors (Lipinski definition) is 1. The lowest BCUT2D eigenvalue weighted by Crippen LogP contribution is -2.40. The van der Waals surface area contributed by atoms with Crippen LogP contribution in [0.15, 0.2) is 57.3 Å². The molecule has 0 bridgehead atoms. The van der Waals surface area contributed by atoms with Crippen molar-refractivity contribution >= 4 is 43.9 Å². The Balaban J connectivity index is 1.32. The number of sulfonamides is 1. The zero-order valence-corrected chi connectivity index (χ0v) is 20.6. The number of hydrogen-bond acceptors (Lipinski definition) is 6. The molecule has 9 nitrogen and oxygen atoms in total. The first-order valence-electron chi connectivity index (χ1n) is 11.4. The molecule has 2 aromatic carbocycles. The van der Waals surface area contributed by atoms with E-state index >= 15 is 0 Å². The summed E-state index contributed by atoms with van der Waals surface area (Å²) >= 11 is 1.62. The van der Waals surface area contributed by atoms with E-state index in [0.717, 1.165) is 40.4 Å². The lowest BCUT2D eigenvalue weighted by atomic mass is 10.3. The Morgan fingerprint density at radius 1 is 1.09 bits per heavy atom. The fourth-order valence-corrected chi connectivity index (χ4v) is 6.75. The predicted molar refractivity (Wildman–Crippen MR) is 133 cm³/mol. The van der Waals surface area contributed by atoms with Crippen LogP contribution >= 0.6 is 11.8 Å². The van der Waals surface area contributed by atoms with Crippen molar-refractivity contribution in [2.45, 2.75) is 36.5 Å². The van der Waals surface area contributed by atoms with E-state index in [2.05, 4.69) is 16.5 Å². The van der Waals surface area contributed by atoms with Gasteiger partial charge >= 0.3 is 5.69 Å². The number of thioether (sulfide) groups is 1. The Morgan fingerprint density at radius 2 is 1.88 bits per heavy atom. The van der Waals surface area contributed by atoms with E-state index in [1.807, 2.05) is 30.3 Å². The van der Waals surface area contributed by atoms with E-state index in [-0.39, 0.29) is 10.6 Å². The molecule has 11 heteroatoms. The fraction of sp³-hybridized carbons (Fsp3) is 0.391. The van der Waals surface area contributed by atoms with Crippen molar-refractivity contribution in [1.29, 1.82) is 0 Å². The molecule has 0 aliphatic carbocycles. The number of para-hydroxylation sites is 2. The maximum absolute atomic E-state index is 13.0. The quantitative estimate of drug-likeness (QED) is 0.294. The average Bonchev–Trinajstić information content (AvgIpc) is 3.37. The zero-order valence-electron chi connectivity index (χ0n) is 18.9. The van der Waals surface area contributed by atoms with Gasteiger partial charge in [-0.05, 0) is 43.7 Å². The Labute approximate surface area is 201 Å². The van der Waals surface area contributed by atoms with Crippen LogP contribution in [0.3, 0.4) is 0 Å². The molecular weight excluding hydrogens is 474 g/mol. The minimum atomic E-state index is -3.57. The van der Waals surface area contributed by atoms with Gasteiger partial charge in [0.25, 0.3) is 0 Å². The molecule has 34 heavy (non-hydrogen) atoms. The smallest absolute Gasteiger partial charge is 0.326 e. The van der Waals surface area contributed by atoms with Crippen LogP contribution in [-0.2, 0) is 27.8 Å². The van der Waals surface area contributed by atoms with Crippen molar-refractivity contribution in [3.05, 3.63) is 52.9 Å². The normalized spacial score (nSPS) is 15.4. The van der Waals surface area contributed by atoms with Crippen molar-refractivity contribution < 1.29 is 13.2 Å². The van der Waals surface area contributed by atoms with Gasteiger partial charge in [-0.2, -0.15) is 4.31 Å². The topological polar surface area (TPSA) is 102 Å². The van der Waals surface area contributed by atoms with Gasteiger partial charge in [0.2, 0.25) is 10.0 Å². The van der Waals surface area contributed by atoms with Crippen LogP contribution in [0.1, 0.15) is 13.3 Å². The van der Waals surface area contributed by atoms with Gasteiger partial charge in [-0.25, -0.2) is 18.2 Å². The number of nitrogens with one attached hydrogen (secondary N) is 1. The van der Waals surface area contributed by atoms with Crippen molar-refractivity contribution in [2.24, 2.45) is 0 Å². The molecule has 4 aromatic rings. The van der Waals surface area contributed by atoms with Crippen LogP contribution in [0.2, 0.25) is 0 Å². The third kappa shape index (κ3) is 4.28. The van der Waals surface area contributed by atoms with Crippen LogP contribution in [0.5, 0.6) is 0 Å². The predicted octanol–water partition coefficient (Wildman–Crippen LogP) is 2.90. The van der Waals surface area contributed by atoms with E-state index in [0.29, 0.717) is 38.4 Å². The number of fused-ring (bicyclic) bond motifs is 2. The molecule has 0 spiro atoms. The second kappa shape index (κ2) is 9.57. The summed E-state index contributed by atoms with van der Waals surface area (Å²) in [6.45, 7) is 4.96. The van der Waals surface area contributed by atoms with Gasteiger partial charge in [0.1, 0.15) is 0 Å². The van der Waals surface area contributed by atoms with Gasteiger partial charge in [0.05, 0.1) is 40.2 Å². The summed E-state index contributed by atoms with van der Waals surface area (Å²) in [5.41, 5.74) is 3.24. The van der Waals surface area contributed by atoms with Crippen LogP contribution in [0.4, 0.5) is 0 Å². The number of benzene rings is 2. The standard InChI is InChI=1S/C23H27N5O4S2/c1-2-27-21-9-8-17(34(30,31)26-11-13-32-14-12-26)16-19(21)25-23(27)33-15-5-10-28-20-7-4-3-6-18(20)24-22(28)29/h3-4,6-9,16H,2,5,10-15H2,1H3,(H,24,29). The van der Waals surface area contributed by atoms with Crippen molar-refractivity contribution in [3.63, 3.8) is 0 Å². The Bertz CT molecular complexity index is 1480. The second-order valence-corrected chi connectivity index (χ2v) is 11.1. The summed E-state index contributed by atoms with van der Waals surface area (Å²) in [4.78, 5) is 20.2. The number of imidazole rings is 2. The number of aromatic amines is 1. The van der Waals surface area contributed by atoms with Gasteiger partial charge in [-0.15, -0.1) is 0 Å². The van der Waals surface area contributed by atoms with E-state index in [4.69, 9.17) is 9.72 Å². The lowest BCUT2D eigenvalue weighted by molar-refractivity contribution is 0.0730. The average molecular weight is 502 g/mol. The Morgan fingerprint density at radius 3 is 2.68 bits per heavy atom. The zero-order chi connectivity index (χ0) is 23.7. The number of nitrogens with zero attached hydrogens (tertiary/aromatic N) is 4. The van der Waals surface area contributed by atoms with Gasteiger partial charge < -0.3 is 14.3 Å². The first-order chi connectivity index (χ1) is 16.5. The number of ether oxygens (including phenoxy) is 1. The summed E-state index contributed by atoms with van der Waals surface area (Å²) in [6.07, 6.45) is 0.802. The molecule has 180 valence electrons. The first kappa shape index (κ1) is 23.2. The molecule has 2 aromatic heterocycles. The first-order valence-corrected chi connectivity index (χ1v) is 13.8. The third-order valence-electron chi connectivity index (χ3n) is 6.05. The summed E-state index contributed by atoms with van der Waals surface area (Å²) in [6, 6.07) is 12.9. The molecule has 1 N–H and O–H groups in total. The molecule has 5 rings (SSSR count). The highest BCUT2D eigenvalue weighted by Gasteiger charge is 2.27. The minimum absolute atomic E-state index is 0.0963. The van der Waals surface area contributed by atoms with Crippen LogP contribution in [-0.4, -0.2) is 63.9 Å². The van der Waals surface area contributed by atoms with E-state index in [1.165, 1.54) is 4.31 Å². The molecule has 1 aliphatic heterocycles. The van der Waals surface area contributed by atoms with Crippen molar-refractivity contribution in [3.8, 4) is 0 Å². The molecule has 1 fully saturated rings. The van der Waals surface area contributed by atoms with E-state index in [9.17, 15) is 13.2 Å². The van der Waals surface area contributed by atoms with Gasteiger partial charge in [-0.3, -0.25) is 4.57 Å². The monoisotopic (exact) mass is 501 g/mol. The molecule has 0 amide bonds. The minimum Gasteiger partial charge on any atom is -0.379 e. The van der Waals surface area contributed by atoms with Crippen LogP contribution < -0.4 is 5.69 Å². The second-order valence-electron chi connectivity index (χ2n) is 8.11. The summed E-state index contributed by atoms with van der Waals surface area (Å²) in [7, 11) is -3.57. The van der Waals surface area contributed by atoms with Crippen molar-refractivity contribution in [1.82, 2.24) is 23.4 Å². The number of aryl methyl sites for hydroxylation is 2.